The molecule has 1 fully saturated rings. The quantitative estimate of drug-likeness (QED) is 0.479. The van der Waals surface area contributed by atoms with Crippen LogP contribution < -0.4 is 5.32 Å². The second-order valence-electron chi connectivity index (χ2n) is 8.57. The number of amides is 3. The molecule has 0 aliphatic carbocycles. The molecular formula is C25H21N5O3. The Bertz CT molecular complexity index is 1460. The average molecular weight is 439 g/mol. The lowest BCUT2D eigenvalue weighted by atomic mass is 10.0. The molecule has 1 unspecified atom stereocenters. The van der Waals surface area contributed by atoms with Gasteiger partial charge in [-0.1, -0.05) is 24.3 Å². The van der Waals surface area contributed by atoms with Crippen molar-refractivity contribution in [3.05, 3.63) is 66.1 Å². The molecule has 0 spiro atoms. The molecule has 0 radical (unpaired) electrons. The van der Waals surface area contributed by atoms with E-state index in [1.54, 1.807) is 11.2 Å². The third-order valence-electron chi connectivity index (χ3n) is 6.58. The van der Waals surface area contributed by atoms with Crippen molar-refractivity contribution in [2.45, 2.75) is 25.4 Å². The molecule has 2 aliphatic rings. The number of imide groups is 1. The first kappa shape index (κ1) is 19.5. The highest BCUT2D eigenvalue weighted by atomic mass is 16.2. The van der Waals surface area contributed by atoms with Gasteiger partial charge in [-0.2, -0.15) is 0 Å². The number of carbonyl (C=O) groups is 3. The zero-order chi connectivity index (χ0) is 22.7. The first-order valence-corrected chi connectivity index (χ1v) is 10.9. The Labute approximate surface area is 189 Å². The number of benzene rings is 2. The van der Waals surface area contributed by atoms with Crippen molar-refractivity contribution in [2.75, 3.05) is 0 Å². The summed E-state index contributed by atoms with van der Waals surface area (Å²) in [6.07, 6.45) is 4.37. The van der Waals surface area contributed by atoms with E-state index in [0.29, 0.717) is 18.5 Å². The Hall–Kier alpha value is -4.20. The number of H-pyrrole nitrogens is 1. The van der Waals surface area contributed by atoms with E-state index < -0.39 is 11.9 Å². The monoisotopic (exact) mass is 439 g/mol. The van der Waals surface area contributed by atoms with Crippen LogP contribution in [0.5, 0.6) is 0 Å². The zero-order valence-electron chi connectivity index (χ0n) is 18.0. The summed E-state index contributed by atoms with van der Waals surface area (Å²) in [4.78, 5) is 46.4. The van der Waals surface area contributed by atoms with Gasteiger partial charge >= 0.3 is 0 Å². The van der Waals surface area contributed by atoms with Gasteiger partial charge in [0.15, 0.2) is 0 Å². The van der Waals surface area contributed by atoms with E-state index in [4.69, 9.17) is 0 Å². The molecule has 1 saturated heterocycles. The predicted octanol–water partition coefficient (Wildman–Crippen LogP) is 3.00. The van der Waals surface area contributed by atoms with Gasteiger partial charge in [0.25, 0.3) is 5.91 Å². The van der Waals surface area contributed by atoms with Gasteiger partial charge in [-0.3, -0.25) is 19.7 Å². The van der Waals surface area contributed by atoms with Gasteiger partial charge in [-0.15, -0.1) is 0 Å². The lowest BCUT2D eigenvalue weighted by Gasteiger charge is -2.29. The summed E-state index contributed by atoms with van der Waals surface area (Å²) in [6.45, 7) is 0.337. The van der Waals surface area contributed by atoms with Crippen LogP contribution in [0.2, 0.25) is 0 Å². The van der Waals surface area contributed by atoms with Crippen LogP contribution in [0.4, 0.5) is 0 Å². The van der Waals surface area contributed by atoms with E-state index in [1.807, 2.05) is 54.2 Å². The van der Waals surface area contributed by atoms with Gasteiger partial charge in [0.05, 0.1) is 17.7 Å². The SMILES string of the molecule is Cn1cnc(-c2ccc3c(c2)CN(C2CCC(=O)NC2=O)C3=O)c1-c1c[nH]c2ccccc12. The number of rotatable bonds is 3. The molecule has 0 saturated carbocycles. The molecule has 164 valence electrons. The van der Waals surface area contributed by atoms with Crippen LogP contribution >= 0.6 is 0 Å². The van der Waals surface area contributed by atoms with E-state index in [2.05, 4.69) is 21.4 Å². The number of hydrogen-bond acceptors (Lipinski definition) is 4. The van der Waals surface area contributed by atoms with E-state index in [1.165, 1.54) is 0 Å². The summed E-state index contributed by atoms with van der Waals surface area (Å²) in [7, 11) is 1.97. The van der Waals surface area contributed by atoms with Crippen LogP contribution in [0.25, 0.3) is 33.4 Å². The minimum absolute atomic E-state index is 0.177. The minimum Gasteiger partial charge on any atom is -0.360 e. The summed E-state index contributed by atoms with van der Waals surface area (Å²) in [5.74, 6) is -0.870. The van der Waals surface area contributed by atoms with Gasteiger partial charge in [-0.25, -0.2) is 4.98 Å². The highest BCUT2D eigenvalue weighted by Crippen LogP contribution is 2.37. The highest BCUT2D eigenvalue weighted by Gasteiger charge is 2.39. The Morgan fingerprint density at radius 1 is 1.06 bits per heavy atom. The number of aromatic amines is 1. The van der Waals surface area contributed by atoms with Crippen molar-refractivity contribution >= 4 is 28.6 Å². The van der Waals surface area contributed by atoms with Gasteiger partial charge in [0.1, 0.15) is 6.04 Å². The topological polar surface area (TPSA) is 100 Å². The van der Waals surface area contributed by atoms with E-state index in [-0.39, 0.29) is 18.2 Å². The summed E-state index contributed by atoms with van der Waals surface area (Å²) < 4.78 is 2.00. The number of fused-ring (bicyclic) bond motifs is 2. The molecular weight excluding hydrogens is 418 g/mol. The Morgan fingerprint density at radius 3 is 2.76 bits per heavy atom. The number of aromatic nitrogens is 3. The lowest BCUT2D eigenvalue weighted by molar-refractivity contribution is -0.136. The molecule has 33 heavy (non-hydrogen) atoms. The van der Waals surface area contributed by atoms with E-state index in [0.717, 1.165) is 39.0 Å². The van der Waals surface area contributed by atoms with Crippen molar-refractivity contribution in [3.8, 4) is 22.5 Å². The average Bonchev–Trinajstić information content (AvgIpc) is 3.49. The first-order chi connectivity index (χ1) is 16.0. The number of para-hydroxylation sites is 1. The summed E-state index contributed by atoms with van der Waals surface area (Å²) in [6, 6.07) is 13.2. The zero-order valence-corrected chi connectivity index (χ0v) is 18.0. The van der Waals surface area contributed by atoms with Crippen LogP contribution in [-0.4, -0.2) is 43.2 Å². The molecule has 2 aromatic heterocycles. The molecule has 2 aliphatic heterocycles. The smallest absolute Gasteiger partial charge is 0.255 e. The van der Waals surface area contributed by atoms with Crippen molar-refractivity contribution in [1.29, 1.82) is 0 Å². The number of imidazole rings is 1. The maximum Gasteiger partial charge on any atom is 0.255 e. The van der Waals surface area contributed by atoms with Crippen molar-refractivity contribution < 1.29 is 14.4 Å². The third-order valence-corrected chi connectivity index (χ3v) is 6.58. The molecule has 3 amide bonds. The van der Waals surface area contributed by atoms with Crippen LogP contribution in [0.3, 0.4) is 0 Å². The molecule has 8 heteroatoms. The fraction of sp³-hybridized carbons (Fsp3) is 0.200. The van der Waals surface area contributed by atoms with Crippen molar-refractivity contribution in [1.82, 2.24) is 24.8 Å². The second kappa shape index (κ2) is 7.16. The molecule has 8 nitrogen and oxygen atoms in total. The normalized spacial score (nSPS) is 18.2. The second-order valence-corrected chi connectivity index (χ2v) is 8.57. The van der Waals surface area contributed by atoms with Gasteiger partial charge in [0.2, 0.25) is 11.8 Å². The van der Waals surface area contributed by atoms with Crippen molar-refractivity contribution in [3.63, 3.8) is 0 Å². The van der Waals surface area contributed by atoms with E-state index >= 15 is 0 Å². The van der Waals surface area contributed by atoms with Crippen LogP contribution in [0.15, 0.2) is 55.0 Å². The predicted molar refractivity (Wildman–Crippen MR) is 122 cm³/mol. The molecule has 2 N–H and O–H groups in total. The fourth-order valence-electron chi connectivity index (χ4n) is 4.95. The Kier molecular flexibility index (Phi) is 4.23. The number of nitrogens with one attached hydrogen (secondary N) is 2. The van der Waals surface area contributed by atoms with Gasteiger partial charge in [0, 0.05) is 53.8 Å². The molecule has 4 aromatic rings. The maximum absolute atomic E-state index is 13.0. The lowest BCUT2D eigenvalue weighted by Crippen LogP contribution is -2.52. The number of carbonyl (C=O) groups excluding carboxylic acids is 3. The number of piperidine rings is 1. The molecule has 4 heterocycles. The molecule has 2 aromatic carbocycles. The molecule has 0 bridgehead atoms. The fourth-order valence-corrected chi connectivity index (χ4v) is 4.95. The van der Waals surface area contributed by atoms with Gasteiger partial charge in [-0.05, 0) is 30.2 Å². The highest BCUT2D eigenvalue weighted by molar-refractivity contribution is 6.06. The van der Waals surface area contributed by atoms with E-state index in [9.17, 15) is 14.4 Å². The summed E-state index contributed by atoms with van der Waals surface area (Å²) in [5, 5.41) is 3.46. The first-order valence-electron chi connectivity index (χ1n) is 10.9. The molecule has 6 rings (SSSR count). The Balaban J connectivity index is 1.38. The number of hydrogen-bond donors (Lipinski definition) is 2. The van der Waals surface area contributed by atoms with Crippen LogP contribution in [0.1, 0.15) is 28.8 Å². The largest absolute Gasteiger partial charge is 0.360 e. The number of nitrogens with zero attached hydrogens (tertiary/aromatic N) is 3. The Morgan fingerprint density at radius 2 is 1.91 bits per heavy atom. The molecule has 1 atom stereocenters. The third kappa shape index (κ3) is 2.98. The minimum atomic E-state index is -0.623. The number of aryl methyl sites for hydroxylation is 1. The van der Waals surface area contributed by atoms with Crippen LogP contribution in [-0.2, 0) is 23.2 Å². The van der Waals surface area contributed by atoms with Crippen molar-refractivity contribution in [2.24, 2.45) is 7.05 Å². The maximum atomic E-state index is 13.0. The standard InChI is InChI=1S/C25H21N5O3/c1-29-13-27-22(23(29)18-11-26-19-5-3-2-4-17(18)19)14-6-7-16-15(10-14)12-30(25(16)33)20-8-9-21(31)28-24(20)32/h2-7,10-11,13,20,26H,8-9,12H2,1H3,(H,28,31,32). The van der Waals surface area contributed by atoms with Crippen LogP contribution in [0, 0.1) is 0 Å². The summed E-state index contributed by atoms with van der Waals surface area (Å²) in [5.41, 5.74) is 6.29. The van der Waals surface area contributed by atoms with Gasteiger partial charge < -0.3 is 14.5 Å². The summed E-state index contributed by atoms with van der Waals surface area (Å²) >= 11 is 0.